The average Bonchev–Trinajstić information content (AvgIpc) is 2.46. The monoisotopic (exact) mass is 335 g/mol. The summed E-state index contributed by atoms with van der Waals surface area (Å²) < 4.78 is 36.1. The standard InChI is InChI=1S/C14H17ClF3N3O/c15-11-3-1-2-4-12(11)21-7-5-20(6-8-21)9-13(22)19-10-14(16,17)18/h1-4H,5-10H2,(H,19,22). The maximum absolute atomic E-state index is 12.0. The molecule has 2 rings (SSSR count). The molecule has 1 heterocycles. The summed E-state index contributed by atoms with van der Waals surface area (Å²) in [6, 6.07) is 7.49. The summed E-state index contributed by atoms with van der Waals surface area (Å²) >= 11 is 6.14. The third kappa shape index (κ3) is 5.06. The van der Waals surface area contributed by atoms with Crippen molar-refractivity contribution < 1.29 is 18.0 Å². The molecular weight excluding hydrogens is 319 g/mol. The Morgan fingerprint density at radius 1 is 1.18 bits per heavy atom. The number of hydrogen-bond acceptors (Lipinski definition) is 3. The lowest BCUT2D eigenvalue weighted by atomic mass is 10.2. The van der Waals surface area contributed by atoms with Crippen LogP contribution in [-0.2, 0) is 4.79 Å². The van der Waals surface area contributed by atoms with Gasteiger partial charge in [-0.3, -0.25) is 9.69 Å². The molecule has 1 aromatic rings. The number of hydrogen-bond donors (Lipinski definition) is 1. The molecule has 4 nitrogen and oxygen atoms in total. The Bertz CT molecular complexity index is 516. The lowest BCUT2D eigenvalue weighted by molar-refractivity contribution is -0.139. The van der Waals surface area contributed by atoms with Crippen LogP contribution in [-0.4, -0.2) is 56.3 Å². The summed E-state index contributed by atoms with van der Waals surface area (Å²) in [5.74, 6) is -0.608. The molecule has 0 atom stereocenters. The van der Waals surface area contributed by atoms with Crippen molar-refractivity contribution in [2.75, 3.05) is 44.2 Å². The first-order valence-corrected chi connectivity index (χ1v) is 7.28. The third-order valence-corrected chi connectivity index (χ3v) is 3.74. The lowest BCUT2D eigenvalue weighted by Gasteiger charge is -2.36. The van der Waals surface area contributed by atoms with E-state index in [9.17, 15) is 18.0 Å². The topological polar surface area (TPSA) is 35.6 Å². The SMILES string of the molecule is O=C(CN1CCN(c2ccccc2Cl)CC1)NCC(F)(F)F. The van der Waals surface area contributed by atoms with Crippen LogP contribution in [0.2, 0.25) is 5.02 Å². The second kappa shape index (κ2) is 7.19. The van der Waals surface area contributed by atoms with Crippen LogP contribution in [0.1, 0.15) is 0 Å². The van der Waals surface area contributed by atoms with Gasteiger partial charge < -0.3 is 10.2 Å². The highest BCUT2D eigenvalue weighted by Crippen LogP contribution is 2.25. The van der Waals surface area contributed by atoms with Crippen LogP contribution in [0.4, 0.5) is 18.9 Å². The van der Waals surface area contributed by atoms with Crippen molar-refractivity contribution in [1.82, 2.24) is 10.2 Å². The van der Waals surface area contributed by atoms with Gasteiger partial charge in [-0.2, -0.15) is 13.2 Å². The molecule has 0 spiro atoms. The van der Waals surface area contributed by atoms with Gasteiger partial charge in [0.15, 0.2) is 0 Å². The Labute approximate surface area is 131 Å². The molecule has 1 amide bonds. The van der Waals surface area contributed by atoms with Crippen molar-refractivity contribution in [2.24, 2.45) is 0 Å². The van der Waals surface area contributed by atoms with Gasteiger partial charge >= 0.3 is 6.18 Å². The van der Waals surface area contributed by atoms with Gasteiger partial charge in [-0.15, -0.1) is 0 Å². The van der Waals surface area contributed by atoms with E-state index in [4.69, 9.17) is 11.6 Å². The Morgan fingerprint density at radius 3 is 2.41 bits per heavy atom. The van der Waals surface area contributed by atoms with Crippen molar-refractivity contribution >= 4 is 23.2 Å². The Hall–Kier alpha value is -1.47. The number of nitrogens with one attached hydrogen (secondary N) is 1. The maximum Gasteiger partial charge on any atom is 0.405 e. The maximum atomic E-state index is 12.0. The zero-order chi connectivity index (χ0) is 16.2. The Kier molecular flexibility index (Phi) is 5.52. The van der Waals surface area contributed by atoms with E-state index in [1.54, 1.807) is 0 Å². The third-order valence-electron chi connectivity index (χ3n) is 3.42. The number of nitrogens with zero attached hydrogens (tertiary/aromatic N) is 2. The Morgan fingerprint density at radius 2 is 1.82 bits per heavy atom. The summed E-state index contributed by atoms with van der Waals surface area (Å²) in [5, 5.41) is 2.55. The second-order valence-corrected chi connectivity index (χ2v) is 5.51. The molecule has 0 bridgehead atoms. The minimum Gasteiger partial charge on any atom is -0.368 e. The Balaban J connectivity index is 1.78. The minimum atomic E-state index is -4.38. The summed E-state index contributed by atoms with van der Waals surface area (Å²) in [6.45, 7) is 1.25. The zero-order valence-electron chi connectivity index (χ0n) is 11.9. The number of halogens is 4. The van der Waals surface area contributed by atoms with Crippen molar-refractivity contribution in [3.63, 3.8) is 0 Å². The molecule has 22 heavy (non-hydrogen) atoms. The predicted octanol–water partition coefficient (Wildman–Crippen LogP) is 2.14. The van der Waals surface area contributed by atoms with E-state index in [0.29, 0.717) is 31.2 Å². The van der Waals surface area contributed by atoms with Crippen LogP contribution in [0.5, 0.6) is 0 Å². The van der Waals surface area contributed by atoms with Gasteiger partial charge in [0.2, 0.25) is 5.91 Å². The minimum absolute atomic E-state index is 0.0214. The quantitative estimate of drug-likeness (QED) is 0.915. The summed E-state index contributed by atoms with van der Waals surface area (Å²) in [6.07, 6.45) is -4.38. The van der Waals surface area contributed by atoms with Gasteiger partial charge in [0.1, 0.15) is 6.54 Å². The molecule has 122 valence electrons. The number of amides is 1. The van der Waals surface area contributed by atoms with E-state index in [2.05, 4.69) is 4.90 Å². The number of carbonyl (C=O) groups is 1. The summed E-state index contributed by atoms with van der Waals surface area (Å²) in [7, 11) is 0. The van der Waals surface area contributed by atoms with Gasteiger partial charge in [0.25, 0.3) is 0 Å². The first-order valence-electron chi connectivity index (χ1n) is 6.90. The fraction of sp³-hybridized carbons (Fsp3) is 0.500. The molecule has 0 aliphatic carbocycles. The average molecular weight is 336 g/mol. The molecule has 1 aliphatic rings. The molecule has 0 aromatic heterocycles. The normalized spacial score (nSPS) is 16.6. The molecule has 0 unspecified atom stereocenters. The van der Waals surface area contributed by atoms with Crippen LogP contribution in [0, 0.1) is 0 Å². The summed E-state index contributed by atoms with van der Waals surface area (Å²) in [5.41, 5.74) is 0.935. The molecular formula is C14H17ClF3N3O. The first kappa shape index (κ1) is 16.9. The van der Waals surface area contributed by atoms with Crippen LogP contribution in [0.15, 0.2) is 24.3 Å². The number of anilines is 1. The van der Waals surface area contributed by atoms with Crippen LogP contribution >= 0.6 is 11.6 Å². The largest absolute Gasteiger partial charge is 0.405 e. The van der Waals surface area contributed by atoms with E-state index in [0.717, 1.165) is 5.69 Å². The molecule has 1 aromatic carbocycles. The fourth-order valence-electron chi connectivity index (χ4n) is 2.31. The van der Waals surface area contributed by atoms with E-state index in [1.165, 1.54) is 0 Å². The molecule has 0 saturated carbocycles. The van der Waals surface area contributed by atoms with Crippen LogP contribution in [0.3, 0.4) is 0 Å². The van der Waals surface area contributed by atoms with E-state index in [-0.39, 0.29) is 6.54 Å². The van der Waals surface area contributed by atoms with E-state index < -0.39 is 18.6 Å². The molecule has 1 N–H and O–H groups in total. The number of alkyl halides is 3. The van der Waals surface area contributed by atoms with Gasteiger partial charge in [0.05, 0.1) is 17.3 Å². The van der Waals surface area contributed by atoms with E-state index >= 15 is 0 Å². The van der Waals surface area contributed by atoms with Crippen LogP contribution in [0.25, 0.3) is 0 Å². The zero-order valence-corrected chi connectivity index (χ0v) is 12.6. The van der Waals surface area contributed by atoms with Gasteiger partial charge in [-0.05, 0) is 12.1 Å². The highest BCUT2D eigenvalue weighted by molar-refractivity contribution is 6.33. The van der Waals surface area contributed by atoms with Gasteiger partial charge in [0, 0.05) is 26.2 Å². The van der Waals surface area contributed by atoms with Gasteiger partial charge in [-0.1, -0.05) is 23.7 Å². The van der Waals surface area contributed by atoms with Crippen molar-refractivity contribution in [2.45, 2.75) is 6.18 Å². The van der Waals surface area contributed by atoms with Crippen molar-refractivity contribution in [1.29, 1.82) is 0 Å². The fourth-order valence-corrected chi connectivity index (χ4v) is 2.57. The van der Waals surface area contributed by atoms with Crippen LogP contribution < -0.4 is 10.2 Å². The highest BCUT2D eigenvalue weighted by Gasteiger charge is 2.28. The second-order valence-electron chi connectivity index (χ2n) is 5.11. The van der Waals surface area contributed by atoms with Gasteiger partial charge in [-0.25, -0.2) is 0 Å². The van der Waals surface area contributed by atoms with Crippen molar-refractivity contribution in [3.05, 3.63) is 29.3 Å². The van der Waals surface area contributed by atoms with E-state index in [1.807, 2.05) is 34.5 Å². The molecule has 0 radical (unpaired) electrons. The van der Waals surface area contributed by atoms with Crippen molar-refractivity contribution in [3.8, 4) is 0 Å². The number of rotatable bonds is 4. The number of benzene rings is 1. The number of carbonyl (C=O) groups excluding carboxylic acids is 1. The smallest absolute Gasteiger partial charge is 0.368 e. The molecule has 1 saturated heterocycles. The first-order chi connectivity index (χ1) is 10.3. The summed E-state index contributed by atoms with van der Waals surface area (Å²) in [4.78, 5) is 15.4. The number of para-hydroxylation sites is 1. The predicted molar refractivity (Wildman–Crippen MR) is 79.2 cm³/mol. The highest BCUT2D eigenvalue weighted by atomic mass is 35.5. The lowest BCUT2D eigenvalue weighted by Crippen LogP contribution is -2.50. The molecule has 1 aliphatic heterocycles. The molecule has 1 fully saturated rings. The number of piperazine rings is 1. The molecule has 8 heteroatoms.